The fourth-order valence-electron chi connectivity index (χ4n) is 1.39. The molecule has 2 heteroatoms. The maximum atomic E-state index is 11.3. The van der Waals surface area contributed by atoms with Gasteiger partial charge in [-0.15, -0.1) is 5.73 Å². The zero-order chi connectivity index (χ0) is 10.7. The maximum absolute atomic E-state index is 11.3. The summed E-state index contributed by atoms with van der Waals surface area (Å²) in [5.41, 5.74) is 4.38. The number of ketones is 1. The number of hydrogen-bond acceptors (Lipinski definition) is 2. The first kappa shape index (κ1) is 9.50. The Kier molecular flexibility index (Phi) is 2.53. The van der Waals surface area contributed by atoms with E-state index < -0.39 is 0 Å². The Morgan fingerprint density at radius 3 is 2.87 bits per heavy atom. The average Bonchev–Trinajstić information content (AvgIpc) is 2.65. The van der Waals surface area contributed by atoms with Crippen LogP contribution in [-0.4, -0.2) is 12.9 Å². The van der Waals surface area contributed by atoms with Gasteiger partial charge in [0, 0.05) is 11.6 Å². The van der Waals surface area contributed by atoms with Gasteiger partial charge in [0.1, 0.15) is 5.75 Å². The lowest BCUT2D eigenvalue weighted by molar-refractivity contribution is -0.110. The number of ether oxygens (including phenoxy) is 1. The highest BCUT2D eigenvalue weighted by molar-refractivity contribution is 6.11. The molecule has 0 saturated heterocycles. The van der Waals surface area contributed by atoms with Gasteiger partial charge in [0.25, 0.3) is 0 Å². The first-order valence-corrected chi connectivity index (χ1v) is 4.62. The molecule has 2 nitrogen and oxygen atoms in total. The molecule has 0 bridgehead atoms. The summed E-state index contributed by atoms with van der Waals surface area (Å²) in [5, 5.41) is 0. The van der Waals surface area contributed by atoms with Crippen LogP contribution in [0.15, 0.2) is 47.7 Å². The molecule has 0 unspecified atom stereocenters. The lowest BCUT2D eigenvalue weighted by atomic mass is 10.1. The van der Waals surface area contributed by atoms with Gasteiger partial charge in [-0.1, -0.05) is 12.1 Å². The average molecular weight is 198 g/mol. The normalized spacial score (nSPS) is 16.3. The second kappa shape index (κ2) is 3.99. The molecule has 0 aromatic heterocycles. The third-order valence-corrected chi connectivity index (χ3v) is 2.15. The Balaban J connectivity index is 2.31. The van der Waals surface area contributed by atoms with Crippen LogP contribution in [0, 0.1) is 0 Å². The van der Waals surface area contributed by atoms with Crippen LogP contribution in [0.1, 0.15) is 5.56 Å². The van der Waals surface area contributed by atoms with E-state index in [-0.39, 0.29) is 5.78 Å². The van der Waals surface area contributed by atoms with E-state index in [0.29, 0.717) is 5.57 Å². The van der Waals surface area contributed by atoms with Crippen LogP contribution >= 0.6 is 0 Å². The maximum Gasteiger partial charge on any atom is 0.194 e. The van der Waals surface area contributed by atoms with Crippen LogP contribution in [0.3, 0.4) is 0 Å². The van der Waals surface area contributed by atoms with Gasteiger partial charge in [-0.25, -0.2) is 0 Å². The van der Waals surface area contributed by atoms with E-state index in [9.17, 15) is 4.79 Å². The first-order valence-electron chi connectivity index (χ1n) is 4.62. The van der Waals surface area contributed by atoms with Gasteiger partial charge >= 0.3 is 0 Å². The van der Waals surface area contributed by atoms with E-state index in [0.717, 1.165) is 11.3 Å². The quantitative estimate of drug-likeness (QED) is 0.538. The lowest BCUT2D eigenvalue weighted by Gasteiger charge is -2.00. The number of rotatable bonds is 2. The summed E-state index contributed by atoms with van der Waals surface area (Å²) in [6, 6.07) is 7.57. The summed E-state index contributed by atoms with van der Waals surface area (Å²) in [4.78, 5) is 11.3. The minimum Gasteiger partial charge on any atom is -0.497 e. The molecule has 0 fully saturated rings. The van der Waals surface area contributed by atoms with E-state index >= 15 is 0 Å². The van der Waals surface area contributed by atoms with Gasteiger partial charge < -0.3 is 4.74 Å². The van der Waals surface area contributed by atoms with Crippen LogP contribution in [0.2, 0.25) is 0 Å². The SMILES string of the molecule is COc1cccc(/C=C2\C=C=CC2=O)c1. The number of methoxy groups -OCH3 is 1. The van der Waals surface area contributed by atoms with E-state index in [1.165, 1.54) is 6.08 Å². The van der Waals surface area contributed by atoms with Crippen molar-refractivity contribution in [2.24, 2.45) is 0 Å². The Morgan fingerprint density at radius 1 is 1.33 bits per heavy atom. The zero-order valence-electron chi connectivity index (χ0n) is 8.36. The molecular formula is C13H10O2. The second-order valence-corrected chi connectivity index (χ2v) is 3.20. The third kappa shape index (κ3) is 2.06. The molecule has 0 N–H and O–H groups in total. The van der Waals surface area contributed by atoms with Crippen LogP contribution in [0.4, 0.5) is 0 Å². The van der Waals surface area contributed by atoms with Crippen molar-refractivity contribution in [1.29, 1.82) is 0 Å². The summed E-state index contributed by atoms with van der Waals surface area (Å²) < 4.78 is 5.10. The second-order valence-electron chi connectivity index (χ2n) is 3.20. The smallest absolute Gasteiger partial charge is 0.194 e. The van der Waals surface area contributed by atoms with Crippen molar-refractivity contribution in [2.75, 3.05) is 7.11 Å². The lowest BCUT2D eigenvalue weighted by Crippen LogP contribution is -1.90. The summed E-state index contributed by atoms with van der Waals surface area (Å²) in [5.74, 6) is 0.782. The molecule has 0 heterocycles. The fraction of sp³-hybridized carbons (Fsp3) is 0.0769. The standard InChI is InChI=1S/C13H10O2/c1-15-12-6-2-4-10(9-12)8-11-5-3-7-13(11)14/h2,4-9H,1H3/b11-8+. The van der Waals surface area contributed by atoms with Crippen molar-refractivity contribution in [2.45, 2.75) is 0 Å². The topological polar surface area (TPSA) is 26.3 Å². The van der Waals surface area contributed by atoms with E-state index in [1.807, 2.05) is 30.3 Å². The Morgan fingerprint density at radius 2 is 2.20 bits per heavy atom. The van der Waals surface area contributed by atoms with Crippen LogP contribution in [-0.2, 0) is 4.79 Å². The molecule has 1 aliphatic carbocycles. The van der Waals surface area contributed by atoms with Gasteiger partial charge in [0.15, 0.2) is 5.78 Å². The van der Waals surface area contributed by atoms with Crippen LogP contribution < -0.4 is 4.74 Å². The minimum absolute atomic E-state index is 0.00202. The Labute approximate surface area is 88.2 Å². The third-order valence-electron chi connectivity index (χ3n) is 2.15. The van der Waals surface area contributed by atoms with Gasteiger partial charge in [-0.05, 0) is 29.8 Å². The number of benzene rings is 1. The number of carbonyl (C=O) groups excluding carboxylic acids is 1. The van der Waals surface area contributed by atoms with Crippen molar-refractivity contribution in [3.05, 3.63) is 53.3 Å². The van der Waals surface area contributed by atoms with E-state index in [4.69, 9.17) is 4.74 Å². The minimum atomic E-state index is -0.00202. The summed E-state index contributed by atoms with van der Waals surface area (Å²) in [6.07, 6.45) is 4.94. The van der Waals surface area contributed by atoms with E-state index in [2.05, 4.69) is 5.73 Å². The summed E-state index contributed by atoms with van der Waals surface area (Å²) in [6.45, 7) is 0. The van der Waals surface area contributed by atoms with Crippen LogP contribution in [0.25, 0.3) is 6.08 Å². The number of allylic oxidation sites excluding steroid dienone is 2. The van der Waals surface area contributed by atoms with Gasteiger partial charge in [0.05, 0.1) is 7.11 Å². The molecule has 0 radical (unpaired) electrons. The van der Waals surface area contributed by atoms with Gasteiger partial charge in [-0.2, -0.15) is 0 Å². The number of hydrogen-bond donors (Lipinski definition) is 0. The zero-order valence-corrected chi connectivity index (χ0v) is 8.36. The van der Waals surface area contributed by atoms with E-state index in [1.54, 1.807) is 13.2 Å². The highest BCUT2D eigenvalue weighted by Gasteiger charge is 2.06. The molecular weight excluding hydrogens is 188 g/mol. The number of carbonyl (C=O) groups is 1. The molecule has 0 atom stereocenters. The molecule has 1 aromatic carbocycles. The van der Waals surface area contributed by atoms with Crippen molar-refractivity contribution >= 4 is 11.9 Å². The molecule has 1 aromatic rings. The fourth-order valence-corrected chi connectivity index (χ4v) is 1.39. The highest BCUT2D eigenvalue weighted by Crippen LogP contribution is 2.17. The first-order chi connectivity index (χ1) is 7.29. The van der Waals surface area contributed by atoms with Crippen molar-refractivity contribution in [3.8, 4) is 5.75 Å². The largest absolute Gasteiger partial charge is 0.497 e. The van der Waals surface area contributed by atoms with Crippen molar-refractivity contribution < 1.29 is 9.53 Å². The molecule has 0 saturated carbocycles. The molecule has 1 aliphatic rings. The summed E-state index contributed by atoms with van der Waals surface area (Å²) >= 11 is 0. The molecule has 0 spiro atoms. The van der Waals surface area contributed by atoms with Gasteiger partial charge in [0.2, 0.25) is 0 Å². The molecule has 74 valence electrons. The Hall–Kier alpha value is -2.05. The monoisotopic (exact) mass is 198 g/mol. The molecule has 0 amide bonds. The molecule has 15 heavy (non-hydrogen) atoms. The molecule has 0 aliphatic heterocycles. The predicted octanol–water partition coefficient (Wildman–Crippen LogP) is 2.37. The van der Waals surface area contributed by atoms with Crippen molar-refractivity contribution in [3.63, 3.8) is 0 Å². The Bertz CT molecular complexity index is 489. The molecule has 2 rings (SSSR count). The van der Waals surface area contributed by atoms with Gasteiger partial charge in [-0.3, -0.25) is 4.79 Å². The summed E-state index contributed by atoms with van der Waals surface area (Å²) in [7, 11) is 1.62. The van der Waals surface area contributed by atoms with Crippen molar-refractivity contribution in [1.82, 2.24) is 0 Å². The predicted molar refractivity (Wildman–Crippen MR) is 58.6 cm³/mol. The highest BCUT2D eigenvalue weighted by atomic mass is 16.5. The van der Waals surface area contributed by atoms with Crippen LogP contribution in [0.5, 0.6) is 5.75 Å².